The zero-order valence-electron chi connectivity index (χ0n) is 9.84. The van der Waals surface area contributed by atoms with Crippen molar-refractivity contribution < 1.29 is 13.9 Å². The molecule has 1 amide bonds. The van der Waals surface area contributed by atoms with Crippen LogP contribution < -0.4 is 15.8 Å². The molecular weight excluding hydrogens is 238 g/mol. The summed E-state index contributed by atoms with van der Waals surface area (Å²) in [5, 5.41) is 6.43. The van der Waals surface area contributed by atoms with Gasteiger partial charge in [-0.3, -0.25) is 4.79 Å². The predicted octanol–water partition coefficient (Wildman–Crippen LogP) is 0.792. The Balaban J connectivity index is 2.41. The largest absolute Gasteiger partial charge is 0.452 e. The van der Waals surface area contributed by atoms with Crippen LogP contribution in [0.5, 0.6) is 6.08 Å². The fourth-order valence-electron chi connectivity index (χ4n) is 1.43. The molecule has 1 aromatic carbocycles. The van der Waals surface area contributed by atoms with Crippen molar-refractivity contribution in [3.63, 3.8) is 0 Å². The van der Waals surface area contributed by atoms with Gasteiger partial charge in [-0.25, -0.2) is 4.79 Å². The number of methoxy groups -OCH3 is 1. The number of nitrogens with zero attached hydrogens (tertiary/aromatic N) is 2. The number of aromatic nitrogens is 2. The van der Waals surface area contributed by atoms with Gasteiger partial charge in [-0.05, 0) is 18.2 Å². The molecule has 18 heavy (non-hydrogen) atoms. The molecule has 2 rings (SSSR count). The first-order chi connectivity index (χ1) is 8.60. The second kappa shape index (κ2) is 4.74. The molecule has 0 aliphatic heterocycles. The van der Waals surface area contributed by atoms with Crippen LogP contribution in [0.4, 0.5) is 5.69 Å². The molecule has 7 heteroatoms. The molecule has 0 saturated carbocycles. The normalized spacial score (nSPS) is 10.1. The van der Waals surface area contributed by atoms with Gasteiger partial charge in [-0.1, -0.05) is 11.2 Å². The van der Waals surface area contributed by atoms with Crippen LogP contribution in [0.3, 0.4) is 0 Å². The highest BCUT2D eigenvalue weighted by Gasteiger charge is 2.10. The maximum absolute atomic E-state index is 11.5. The van der Waals surface area contributed by atoms with Gasteiger partial charge in [-0.2, -0.15) is 4.68 Å². The molecule has 1 aromatic heterocycles. The molecule has 7 nitrogen and oxygen atoms in total. The Bertz CT molecular complexity index is 629. The summed E-state index contributed by atoms with van der Waals surface area (Å²) in [5.41, 5.74) is 1.03. The van der Waals surface area contributed by atoms with E-state index in [4.69, 9.17) is 9.15 Å². The molecule has 0 aliphatic rings. The number of amides is 1. The number of anilines is 1. The zero-order chi connectivity index (χ0) is 13.1. The number of hydrogen-bond donors (Lipinski definition) is 1. The standard InChI is InChI=1S/C11H11N3O4/c1-7(15)12-8-4-3-5-9(6-8)14-11(16)18-10(13-14)17-2/h3-6H,1-2H3,(H,12,15). The monoisotopic (exact) mass is 249 g/mol. The predicted molar refractivity (Wildman–Crippen MR) is 63.0 cm³/mol. The van der Waals surface area contributed by atoms with Gasteiger partial charge in [0.1, 0.15) is 0 Å². The van der Waals surface area contributed by atoms with E-state index in [1.165, 1.54) is 14.0 Å². The van der Waals surface area contributed by atoms with Crippen molar-refractivity contribution in [2.45, 2.75) is 6.92 Å². The molecule has 1 heterocycles. The molecule has 2 aromatic rings. The number of carbonyl (C=O) groups is 1. The highest BCUT2D eigenvalue weighted by Crippen LogP contribution is 2.14. The molecule has 0 bridgehead atoms. The average molecular weight is 249 g/mol. The molecule has 0 saturated heterocycles. The highest BCUT2D eigenvalue weighted by molar-refractivity contribution is 5.88. The van der Waals surface area contributed by atoms with E-state index in [1.54, 1.807) is 24.3 Å². The molecule has 0 spiro atoms. The van der Waals surface area contributed by atoms with E-state index in [0.29, 0.717) is 11.4 Å². The van der Waals surface area contributed by atoms with Crippen LogP contribution in [-0.4, -0.2) is 22.8 Å². The van der Waals surface area contributed by atoms with Crippen LogP contribution in [-0.2, 0) is 4.79 Å². The molecule has 0 unspecified atom stereocenters. The van der Waals surface area contributed by atoms with Crippen molar-refractivity contribution in [3.8, 4) is 11.8 Å². The molecule has 94 valence electrons. The number of carbonyl (C=O) groups excluding carboxylic acids is 1. The summed E-state index contributed by atoms with van der Waals surface area (Å²) >= 11 is 0. The fourth-order valence-corrected chi connectivity index (χ4v) is 1.43. The summed E-state index contributed by atoms with van der Waals surface area (Å²) in [7, 11) is 1.35. The van der Waals surface area contributed by atoms with Gasteiger partial charge in [0.2, 0.25) is 5.91 Å². The molecule has 1 N–H and O–H groups in total. The number of ether oxygens (including phenoxy) is 1. The molecule has 0 fully saturated rings. The lowest BCUT2D eigenvalue weighted by atomic mass is 10.3. The average Bonchev–Trinajstić information content (AvgIpc) is 2.70. The van der Waals surface area contributed by atoms with Crippen LogP contribution in [0.25, 0.3) is 5.69 Å². The Morgan fingerprint density at radius 3 is 2.89 bits per heavy atom. The molecular formula is C11H11N3O4. The minimum Gasteiger partial charge on any atom is -0.452 e. The van der Waals surface area contributed by atoms with Crippen molar-refractivity contribution in [1.29, 1.82) is 0 Å². The quantitative estimate of drug-likeness (QED) is 0.869. The summed E-state index contributed by atoms with van der Waals surface area (Å²) in [6.07, 6.45) is -0.120. The lowest BCUT2D eigenvalue weighted by molar-refractivity contribution is -0.114. The van der Waals surface area contributed by atoms with E-state index in [-0.39, 0.29) is 12.0 Å². The van der Waals surface area contributed by atoms with Crippen LogP contribution in [0.15, 0.2) is 33.5 Å². The summed E-state index contributed by atoms with van der Waals surface area (Å²) < 4.78 is 10.5. The van der Waals surface area contributed by atoms with Gasteiger partial charge in [-0.15, -0.1) is 0 Å². The lowest BCUT2D eigenvalue weighted by Crippen LogP contribution is -2.14. The van der Waals surface area contributed by atoms with E-state index < -0.39 is 5.76 Å². The Hall–Kier alpha value is -2.57. The van der Waals surface area contributed by atoms with Crippen molar-refractivity contribution in [2.24, 2.45) is 0 Å². The zero-order valence-corrected chi connectivity index (χ0v) is 9.84. The number of nitrogens with one attached hydrogen (secondary N) is 1. The summed E-state index contributed by atoms with van der Waals surface area (Å²) in [6, 6.07) is 6.65. The van der Waals surface area contributed by atoms with E-state index in [0.717, 1.165) is 4.68 Å². The van der Waals surface area contributed by atoms with Crippen LogP contribution in [0, 0.1) is 0 Å². The van der Waals surface area contributed by atoms with E-state index >= 15 is 0 Å². The smallest absolute Gasteiger partial charge is 0.444 e. The van der Waals surface area contributed by atoms with E-state index in [2.05, 4.69) is 10.4 Å². The Morgan fingerprint density at radius 1 is 1.50 bits per heavy atom. The topological polar surface area (TPSA) is 86.4 Å². The van der Waals surface area contributed by atoms with Gasteiger partial charge in [0.25, 0.3) is 0 Å². The number of hydrogen-bond acceptors (Lipinski definition) is 5. The first kappa shape index (κ1) is 11.9. The highest BCUT2D eigenvalue weighted by atomic mass is 16.6. The van der Waals surface area contributed by atoms with Crippen molar-refractivity contribution in [2.75, 3.05) is 12.4 Å². The third-order valence-electron chi connectivity index (χ3n) is 2.11. The maximum atomic E-state index is 11.5. The fraction of sp³-hybridized carbons (Fsp3) is 0.182. The van der Waals surface area contributed by atoms with Crippen LogP contribution in [0.2, 0.25) is 0 Å². The maximum Gasteiger partial charge on any atom is 0.444 e. The van der Waals surface area contributed by atoms with Gasteiger partial charge < -0.3 is 14.5 Å². The van der Waals surface area contributed by atoms with Gasteiger partial charge in [0, 0.05) is 12.6 Å². The van der Waals surface area contributed by atoms with Crippen LogP contribution in [0.1, 0.15) is 6.92 Å². The minimum atomic E-state index is -0.660. The second-order valence-electron chi connectivity index (χ2n) is 3.48. The van der Waals surface area contributed by atoms with Gasteiger partial charge >= 0.3 is 11.8 Å². The van der Waals surface area contributed by atoms with Crippen molar-refractivity contribution in [3.05, 3.63) is 34.8 Å². The summed E-state index contributed by atoms with van der Waals surface area (Å²) in [5.74, 6) is -0.857. The number of rotatable bonds is 3. The van der Waals surface area contributed by atoms with E-state index in [1.807, 2.05) is 0 Å². The second-order valence-corrected chi connectivity index (χ2v) is 3.48. The third kappa shape index (κ3) is 2.40. The van der Waals surface area contributed by atoms with Crippen molar-refractivity contribution >= 4 is 11.6 Å². The molecule has 0 aliphatic carbocycles. The Labute approximate surface area is 102 Å². The number of benzene rings is 1. The first-order valence-corrected chi connectivity index (χ1v) is 5.12. The summed E-state index contributed by atoms with van der Waals surface area (Å²) in [6.45, 7) is 1.40. The van der Waals surface area contributed by atoms with Crippen LogP contribution >= 0.6 is 0 Å². The SMILES string of the molecule is COc1nn(-c2cccc(NC(C)=O)c2)c(=O)o1. The van der Waals surface area contributed by atoms with E-state index in [9.17, 15) is 9.59 Å². The minimum absolute atomic E-state index is 0.120. The Morgan fingerprint density at radius 2 is 2.28 bits per heavy atom. The first-order valence-electron chi connectivity index (χ1n) is 5.12. The third-order valence-corrected chi connectivity index (χ3v) is 2.11. The van der Waals surface area contributed by atoms with Gasteiger partial charge in [0.15, 0.2) is 0 Å². The molecule has 0 radical (unpaired) electrons. The van der Waals surface area contributed by atoms with Crippen molar-refractivity contribution in [1.82, 2.24) is 9.78 Å². The molecule has 0 atom stereocenters. The Kier molecular flexibility index (Phi) is 3.13. The van der Waals surface area contributed by atoms with Gasteiger partial charge in [0.05, 0.1) is 12.8 Å². The summed E-state index contributed by atoms with van der Waals surface area (Å²) in [4.78, 5) is 22.4. The lowest BCUT2D eigenvalue weighted by Gasteiger charge is -2.03.